The van der Waals surface area contributed by atoms with Gasteiger partial charge in [0.25, 0.3) is 0 Å². The number of hydrogen-bond donors (Lipinski definition) is 0. The Morgan fingerprint density at radius 1 is 1.60 bits per heavy atom. The van der Waals surface area contributed by atoms with Gasteiger partial charge >= 0.3 is 5.97 Å². The lowest BCUT2D eigenvalue weighted by atomic mass is 10.0. The molecule has 0 bridgehead atoms. The molecule has 1 aromatic rings. The highest BCUT2D eigenvalue weighted by Crippen LogP contribution is 2.24. The van der Waals surface area contributed by atoms with Crippen LogP contribution in [0.4, 0.5) is 0 Å². The lowest BCUT2D eigenvalue weighted by Crippen LogP contribution is -2.07. The van der Waals surface area contributed by atoms with Crippen molar-refractivity contribution in [3.8, 4) is 6.07 Å². The number of methoxy groups -OCH3 is 1. The summed E-state index contributed by atoms with van der Waals surface area (Å²) in [5.74, 6) is -0.349. The second-order valence-corrected chi connectivity index (χ2v) is 3.94. The van der Waals surface area contributed by atoms with Crippen LogP contribution in [0.25, 0.3) is 0 Å². The van der Waals surface area contributed by atoms with Gasteiger partial charge in [0.15, 0.2) is 0 Å². The number of halogens is 1. The Morgan fingerprint density at radius 3 is 2.80 bits per heavy atom. The van der Waals surface area contributed by atoms with Crippen LogP contribution in [0.5, 0.6) is 0 Å². The van der Waals surface area contributed by atoms with Gasteiger partial charge in [-0.15, -0.1) is 0 Å². The minimum atomic E-state index is -0.349. The predicted octanol–water partition coefficient (Wildman–Crippen LogP) is 2.34. The summed E-state index contributed by atoms with van der Waals surface area (Å²) in [7, 11) is 1.33. The highest BCUT2D eigenvalue weighted by Gasteiger charge is 2.13. The van der Waals surface area contributed by atoms with E-state index in [9.17, 15) is 4.79 Å². The minimum absolute atomic E-state index is 0.113. The van der Waals surface area contributed by atoms with Gasteiger partial charge in [-0.2, -0.15) is 5.26 Å². The molecule has 3 nitrogen and oxygen atoms in total. The lowest BCUT2D eigenvalue weighted by Gasteiger charge is -2.07. The molecule has 0 saturated heterocycles. The van der Waals surface area contributed by atoms with Crippen LogP contribution in [0, 0.1) is 18.3 Å². The zero-order chi connectivity index (χ0) is 11.4. The highest BCUT2D eigenvalue weighted by molar-refractivity contribution is 9.10. The first-order chi connectivity index (χ1) is 7.10. The van der Waals surface area contributed by atoms with Crippen LogP contribution < -0.4 is 0 Å². The Morgan fingerprint density at radius 2 is 2.27 bits per heavy atom. The van der Waals surface area contributed by atoms with Gasteiger partial charge in [0.2, 0.25) is 0 Å². The van der Waals surface area contributed by atoms with Crippen molar-refractivity contribution in [1.29, 1.82) is 5.26 Å². The Kier molecular flexibility index (Phi) is 3.87. The van der Waals surface area contributed by atoms with Crippen LogP contribution in [0.2, 0.25) is 0 Å². The third kappa shape index (κ3) is 2.57. The molecular formula is C11H10BrNO2. The van der Waals surface area contributed by atoms with Crippen LogP contribution in [0.15, 0.2) is 16.6 Å². The van der Waals surface area contributed by atoms with Crippen LogP contribution in [-0.4, -0.2) is 13.1 Å². The molecule has 1 aromatic carbocycles. The fourth-order valence-corrected chi connectivity index (χ4v) is 1.76. The van der Waals surface area contributed by atoms with Gasteiger partial charge in [-0.1, -0.05) is 22.0 Å². The van der Waals surface area contributed by atoms with E-state index in [1.165, 1.54) is 7.11 Å². The number of ether oxygens (including phenoxy) is 1. The quantitative estimate of drug-likeness (QED) is 0.773. The molecule has 0 aliphatic carbocycles. The van der Waals surface area contributed by atoms with Crippen molar-refractivity contribution in [1.82, 2.24) is 0 Å². The molecule has 0 radical (unpaired) electrons. The Hall–Kier alpha value is -1.34. The second-order valence-electron chi connectivity index (χ2n) is 3.08. The fourth-order valence-electron chi connectivity index (χ4n) is 1.28. The van der Waals surface area contributed by atoms with Crippen LogP contribution in [0.1, 0.15) is 16.7 Å². The molecule has 1 rings (SSSR count). The van der Waals surface area contributed by atoms with Gasteiger partial charge in [0, 0.05) is 4.47 Å². The van der Waals surface area contributed by atoms with Crippen molar-refractivity contribution in [3.63, 3.8) is 0 Å². The van der Waals surface area contributed by atoms with Crippen LogP contribution in [0.3, 0.4) is 0 Å². The molecule has 0 saturated carbocycles. The molecule has 0 aromatic heterocycles. The summed E-state index contributed by atoms with van der Waals surface area (Å²) in [6.07, 6.45) is 0.113. The molecular weight excluding hydrogens is 258 g/mol. The number of carbonyl (C=O) groups excluding carboxylic acids is 1. The SMILES string of the molecule is COC(=O)Cc1c(Br)ccc(C)c1C#N. The van der Waals surface area contributed by atoms with Crippen molar-refractivity contribution >= 4 is 21.9 Å². The van der Waals surface area contributed by atoms with Gasteiger partial charge in [-0.3, -0.25) is 4.79 Å². The smallest absolute Gasteiger partial charge is 0.310 e. The molecule has 4 heteroatoms. The summed E-state index contributed by atoms with van der Waals surface area (Å²) >= 11 is 3.32. The molecule has 78 valence electrons. The van der Waals surface area contributed by atoms with E-state index in [0.29, 0.717) is 11.1 Å². The topological polar surface area (TPSA) is 50.1 Å². The maximum atomic E-state index is 11.2. The molecule has 0 unspecified atom stereocenters. The molecule has 0 spiro atoms. The van der Waals surface area contributed by atoms with E-state index in [0.717, 1.165) is 10.0 Å². The molecule has 0 heterocycles. The highest BCUT2D eigenvalue weighted by atomic mass is 79.9. The Labute approximate surface area is 96.8 Å². The van der Waals surface area contributed by atoms with Gasteiger partial charge in [-0.05, 0) is 24.1 Å². The Balaban J connectivity index is 3.21. The predicted molar refractivity (Wildman–Crippen MR) is 59.3 cm³/mol. The maximum absolute atomic E-state index is 11.2. The van der Waals surface area contributed by atoms with Crippen molar-refractivity contribution in [2.45, 2.75) is 13.3 Å². The summed E-state index contributed by atoms with van der Waals surface area (Å²) in [5.41, 5.74) is 2.08. The standard InChI is InChI=1S/C11H10BrNO2/c1-7-3-4-10(12)8(9(7)6-13)5-11(14)15-2/h3-4H,5H2,1-2H3. The number of carbonyl (C=O) groups is 1. The third-order valence-corrected chi connectivity index (χ3v) is 2.87. The molecule has 0 fully saturated rings. The van der Waals surface area contributed by atoms with E-state index < -0.39 is 0 Å². The van der Waals surface area contributed by atoms with E-state index in [-0.39, 0.29) is 12.4 Å². The second kappa shape index (κ2) is 4.94. The number of esters is 1. The first-order valence-corrected chi connectivity index (χ1v) is 5.14. The van der Waals surface area contributed by atoms with Crippen molar-refractivity contribution in [2.75, 3.05) is 7.11 Å². The summed E-state index contributed by atoms with van der Waals surface area (Å²) < 4.78 is 5.34. The first-order valence-electron chi connectivity index (χ1n) is 4.35. The van der Waals surface area contributed by atoms with Crippen LogP contribution in [-0.2, 0) is 16.0 Å². The molecule has 0 N–H and O–H groups in total. The van der Waals surface area contributed by atoms with Crippen molar-refractivity contribution in [3.05, 3.63) is 33.3 Å². The normalized spacial score (nSPS) is 9.47. The zero-order valence-electron chi connectivity index (χ0n) is 8.50. The largest absolute Gasteiger partial charge is 0.469 e. The number of benzene rings is 1. The van der Waals surface area contributed by atoms with Gasteiger partial charge in [0.05, 0.1) is 25.2 Å². The van der Waals surface area contributed by atoms with E-state index >= 15 is 0 Å². The first kappa shape index (κ1) is 11.7. The monoisotopic (exact) mass is 267 g/mol. The van der Waals surface area contributed by atoms with E-state index in [4.69, 9.17) is 5.26 Å². The average Bonchev–Trinajstić information content (AvgIpc) is 2.23. The summed E-state index contributed by atoms with van der Waals surface area (Å²) in [6.45, 7) is 1.84. The molecule has 0 aliphatic rings. The number of nitriles is 1. The minimum Gasteiger partial charge on any atom is -0.469 e. The maximum Gasteiger partial charge on any atom is 0.310 e. The number of hydrogen-bond acceptors (Lipinski definition) is 3. The third-order valence-electron chi connectivity index (χ3n) is 2.12. The summed E-state index contributed by atoms with van der Waals surface area (Å²) in [5, 5.41) is 8.99. The molecule has 0 atom stereocenters. The number of rotatable bonds is 2. The van der Waals surface area contributed by atoms with E-state index in [1.807, 2.05) is 19.1 Å². The van der Waals surface area contributed by atoms with Gasteiger partial charge in [-0.25, -0.2) is 0 Å². The van der Waals surface area contributed by atoms with Crippen molar-refractivity contribution in [2.24, 2.45) is 0 Å². The molecule has 0 aliphatic heterocycles. The van der Waals surface area contributed by atoms with Crippen LogP contribution >= 0.6 is 15.9 Å². The van der Waals surface area contributed by atoms with E-state index in [2.05, 4.69) is 26.7 Å². The van der Waals surface area contributed by atoms with Gasteiger partial charge in [0.1, 0.15) is 0 Å². The Bertz CT molecular complexity index is 435. The average molecular weight is 268 g/mol. The number of aryl methyl sites for hydroxylation is 1. The summed E-state index contributed by atoms with van der Waals surface area (Å²) in [6, 6.07) is 5.76. The van der Waals surface area contributed by atoms with Crippen molar-refractivity contribution < 1.29 is 9.53 Å². The number of nitrogens with zero attached hydrogens (tertiary/aromatic N) is 1. The molecule has 15 heavy (non-hydrogen) atoms. The summed E-state index contributed by atoms with van der Waals surface area (Å²) in [4.78, 5) is 11.2. The van der Waals surface area contributed by atoms with Gasteiger partial charge < -0.3 is 4.74 Å². The lowest BCUT2D eigenvalue weighted by molar-refractivity contribution is -0.139. The molecule has 0 amide bonds. The van der Waals surface area contributed by atoms with E-state index in [1.54, 1.807) is 0 Å². The zero-order valence-corrected chi connectivity index (χ0v) is 10.1. The fraction of sp³-hybridized carbons (Fsp3) is 0.273.